The van der Waals surface area contributed by atoms with Crippen molar-refractivity contribution in [3.05, 3.63) is 81.4 Å². The predicted molar refractivity (Wildman–Crippen MR) is 103 cm³/mol. The van der Waals surface area contributed by atoms with Crippen molar-refractivity contribution in [2.24, 2.45) is 0 Å². The Labute approximate surface area is 155 Å². The Balaban J connectivity index is 1.86. The summed E-state index contributed by atoms with van der Waals surface area (Å²) in [5, 5.41) is 1.65. The summed E-state index contributed by atoms with van der Waals surface area (Å²) in [6, 6.07) is 14.4. The minimum Gasteiger partial charge on any atom is -0.452 e. The lowest BCUT2D eigenvalue weighted by Gasteiger charge is -2.25. The monoisotopic (exact) mass is 358 g/mol. The molecule has 1 aliphatic rings. The van der Waals surface area contributed by atoms with Crippen LogP contribution in [0.4, 0.5) is 0 Å². The average molecular weight is 358 g/mol. The topological polar surface area (TPSA) is 60.4 Å². The molecule has 1 fully saturated rings. The molecule has 0 radical (unpaired) electrons. The van der Waals surface area contributed by atoms with E-state index in [0.29, 0.717) is 22.5 Å². The van der Waals surface area contributed by atoms with Crippen LogP contribution in [0.5, 0.6) is 0 Å². The first-order valence-electron chi connectivity index (χ1n) is 9.23. The van der Waals surface area contributed by atoms with Crippen LogP contribution in [0.15, 0.2) is 62.2 Å². The molecule has 2 aromatic carbocycles. The van der Waals surface area contributed by atoms with Crippen LogP contribution < -0.4 is 5.63 Å². The fourth-order valence-corrected chi connectivity index (χ4v) is 3.96. The lowest BCUT2D eigenvalue weighted by molar-refractivity contribution is 0.101. The summed E-state index contributed by atoms with van der Waals surface area (Å²) in [6.07, 6.45) is 3.15. The number of hydrogen-bond acceptors (Lipinski definition) is 4. The molecule has 0 saturated heterocycles. The van der Waals surface area contributed by atoms with Gasteiger partial charge in [0.25, 0.3) is 0 Å². The highest BCUT2D eigenvalue weighted by molar-refractivity contribution is 6.14. The molecule has 0 unspecified atom stereocenters. The Morgan fingerprint density at radius 2 is 1.81 bits per heavy atom. The fourth-order valence-electron chi connectivity index (χ4n) is 3.96. The second-order valence-corrected chi connectivity index (χ2v) is 7.23. The minimum absolute atomic E-state index is 0.128. The largest absolute Gasteiger partial charge is 0.452 e. The second kappa shape index (κ2) is 5.95. The van der Waals surface area contributed by atoms with Crippen LogP contribution in [0.2, 0.25) is 0 Å². The number of aryl methyl sites for hydroxylation is 1. The molecule has 0 N–H and O–H groups in total. The summed E-state index contributed by atoms with van der Waals surface area (Å²) >= 11 is 0. The molecule has 0 bridgehead atoms. The van der Waals surface area contributed by atoms with Crippen LogP contribution >= 0.6 is 0 Å². The molecular formula is C23H18O4. The number of carbonyl (C=O) groups excluding carboxylic acids is 1. The van der Waals surface area contributed by atoms with Gasteiger partial charge in [-0.25, -0.2) is 4.79 Å². The van der Waals surface area contributed by atoms with Crippen molar-refractivity contribution >= 4 is 27.7 Å². The van der Waals surface area contributed by atoms with Crippen molar-refractivity contribution in [1.82, 2.24) is 0 Å². The van der Waals surface area contributed by atoms with Crippen molar-refractivity contribution in [2.45, 2.75) is 32.1 Å². The van der Waals surface area contributed by atoms with Gasteiger partial charge in [-0.2, -0.15) is 0 Å². The maximum atomic E-state index is 13.2. The molecule has 2 aromatic heterocycles. The van der Waals surface area contributed by atoms with Gasteiger partial charge in [0.1, 0.15) is 11.2 Å². The Kier molecular flexibility index (Phi) is 3.54. The summed E-state index contributed by atoms with van der Waals surface area (Å²) in [5.41, 5.74) is 3.08. The fraction of sp³-hybridized carbons (Fsp3) is 0.217. The van der Waals surface area contributed by atoms with E-state index >= 15 is 0 Å². The Morgan fingerprint density at radius 3 is 2.52 bits per heavy atom. The summed E-state index contributed by atoms with van der Waals surface area (Å²) < 4.78 is 11.6. The van der Waals surface area contributed by atoms with Gasteiger partial charge >= 0.3 is 5.63 Å². The van der Waals surface area contributed by atoms with Crippen LogP contribution in [0, 0.1) is 6.92 Å². The van der Waals surface area contributed by atoms with E-state index in [-0.39, 0.29) is 17.3 Å². The summed E-state index contributed by atoms with van der Waals surface area (Å²) in [5.74, 6) is 0.500. The molecule has 0 amide bonds. The van der Waals surface area contributed by atoms with E-state index in [0.717, 1.165) is 41.2 Å². The van der Waals surface area contributed by atoms with E-state index in [1.165, 1.54) is 6.07 Å². The van der Waals surface area contributed by atoms with Gasteiger partial charge in [0.05, 0.1) is 5.39 Å². The molecule has 0 atom stereocenters. The highest BCUT2D eigenvalue weighted by Crippen LogP contribution is 2.45. The molecule has 0 spiro atoms. The summed E-state index contributed by atoms with van der Waals surface area (Å²) in [7, 11) is 0. The van der Waals surface area contributed by atoms with Crippen molar-refractivity contribution in [1.29, 1.82) is 0 Å². The molecule has 1 saturated carbocycles. The second-order valence-electron chi connectivity index (χ2n) is 7.23. The van der Waals surface area contributed by atoms with Gasteiger partial charge in [-0.3, -0.25) is 4.79 Å². The molecule has 4 nitrogen and oxygen atoms in total. The lowest BCUT2D eigenvalue weighted by atomic mass is 9.78. The zero-order valence-electron chi connectivity index (χ0n) is 15.0. The summed E-state index contributed by atoms with van der Waals surface area (Å²) in [6.45, 7) is 1.89. The van der Waals surface area contributed by atoms with E-state index in [9.17, 15) is 9.59 Å². The number of hydrogen-bond donors (Lipinski definition) is 0. The third-order valence-electron chi connectivity index (χ3n) is 5.56. The van der Waals surface area contributed by atoms with Crippen LogP contribution in [0.1, 0.15) is 52.4 Å². The Morgan fingerprint density at radius 1 is 1.04 bits per heavy atom. The molecule has 5 rings (SSSR count). The van der Waals surface area contributed by atoms with Gasteiger partial charge in [0.2, 0.25) is 5.78 Å². The van der Waals surface area contributed by atoms with Crippen molar-refractivity contribution in [3.8, 4) is 0 Å². The van der Waals surface area contributed by atoms with E-state index in [1.54, 1.807) is 12.1 Å². The third-order valence-corrected chi connectivity index (χ3v) is 5.56. The molecule has 4 heteroatoms. The van der Waals surface area contributed by atoms with Gasteiger partial charge in [0.15, 0.2) is 5.76 Å². The van der Waals surface area contributed by atoms with Gasteiger partial charge in [-0.1, -0.05) is 36.8 Å². The molecule has 1 aliphatic carbocycles. The van der Waals surface area contributed by atoms with Crippen LogP contribution in [-0.4, -0.2) is 5.78 Å². The molecule has 0 aliphatic heterocycles. The van der Waals surface area contributed by atoms with Gasteiger partial charge < -0.3 is 8.83 Å². The molecular weight excluding hydrogens is 340 g/mol. The highest BCUT2D eigenvalue weighted by atomic mass is 16.4. The van der Waals surface area contributed by atoms with Gasteiger partial charge in [-0.15, -0.1) is 0 Å². The van der Waals surface area contributed by atoms with E-state index in [1.807, 2.05) is 37.3 Å². The summed E-state index contributed by atoms with van der Waals surface area (Å²) in [4.78, 5) is 25.2. The first-order chi connectivity index (χ1) is 13.1. The van der Waals surface area contributed by atoms with E-state index in [4.69, 9.17) is 8.83 Å². The number of rotatable bonds is 3. The zero-order chi connectivity index (χ0) is 18.5. The number of benzene rings is 2. The smallest absolute Gasteiger partial charge is 0.336 e. The molecule has 134 valence electrons. The number of ketones is 1. The molecule has 4 aromatic rings. The maximum Gasteiger partial charge on any atom is 0.336 e. The predicted octanol–water partition coefficient (Wildman–Crippen LogP) is 5.35. The van der Waals surface area contributed by atoms with Crippen LogP contribution in [0.3, 0.4) is 0 Å². The van der Waals surface area contributed by atoms with Gasteiger partial charge in [0, 0.05) is 22.6 Å². The van der Waals surface area contributed by atoms with E-state index in [2.05, 4.69) is 0 Å². The normalized spacial score (nSPS) is 14.6. The number of furan rings is 1. The lowest BCUT2D eigenvalue weighted by Crippen LogP contribution is -2.13. The van der Waals surface area contributed by atoms with Crippen LogP contribution in [0.25, 0.3) is 21.9 Å². The van der Waals surface area contributed by atoms with Crippen molar-refractivity contribution in [3.63, 3.8) is 0 Å². The Hall–Kier alpha value is -3.14. The van der Waals surface area contributed by atoms with Crippen molar-refractivity contribution < 1.29 is 13.6 Å². The zero-order valence-corrected chi connectivity index (χ0v) is 15.0. The number of carbonyl (C=O) groups is 1. The van der Waals surface area contributed by atoms with Crippen molar-refractivity contribution in [2.75, 3.05) is 0 Å². The molecule has 2 heterocycles. The first-order valence-corrected chi connectivity index (χ1v) is 9.23. The standard InChI is InChI=1S/C23H18O4/c1-13-12-18(24)27-22-16(13)10-11-17-20(22)19(14-8-5-9-14)23(26-17)21(25)15-6-3-2-4-7-15/h2-4,6-7,10-12,14H,5,8-9H2,1H3. The van der Waals surface area contributed by atoms with Crippen LogP contribution in [-0.2, 0) is 0 Å². The average Bonchev–Trinajstić information content (AvgIpc) is 3.00. The van der Waals surface area contributed by atoms with Gasteiger partial charge in [-0.05, 0) is 43.4 Å². The SMILES string of the molecule is Cc1cc(=O)oc2c1ccc1oc(C(=O)c3ccccc3)c(C3CCC3)c12. The minimum atomic E-state index is -0.385. The first kappa shape index (κ1) is 16.1. The maximum absolute atomic E-state index is 13.2. The number of fused-ring (bicyclic) bond motifs is 3. The highest BCUT2D eigenvalue weighted by Gasteiger charge is 2.32. The van der Waals surface area contributed by atoms with E-state index < -0.39 is 0 Å². The third kappa shape index (κ3) is 2.44. The Bertz CT molecular complexity index is 1240. The quantitative estimate of drug-likeness (QED) is 0.366. The molecule has 27 heavy (non-hydrogen) atoms.